The van der Waals surface area contributed by atoms with Gasteiger partial charge in [-0.2, -0.15) is 13.2 Å². The van der Waals surface area contributed by atoms with Gasteiger partial charge in [0.15, 0.2) is 5.96 Å². The van der Waals surface area contributed by atoms with E-state index in [9.17, 15) is 18.0 Å². The van der Waals surface area contributed by atoms with E-state index in [1.165, 1.54) is 6.07 Å². The van der Waals surface area contributed by atoms with E-state index < -0.39 is 11.7 Å². The highest BCUT2D eigenvalue weighted by atomic mass is 19.4. The van der Waals surface area contributed by atoms with Gasteiger partial charge < -0.3 is 16.0 Å². The maximum absolute atomic E-state index is 12.8. The van der Waals surface area contributed by atoms with E-state index in [0.29, 0.717) is 24.5 Å². The van der Waals surface area contributed by atoms with Gasteiger partial charge in [-0.15, -0.1) is 0 Å². The number of anilines is 1. The molecule has 0 radical (unpaired) electrons. The Bertz CT molecular complexity index is 833. The first-order chi connectivity index (χ1) is 13.8. The highest BCUT2D eigenvalue weighted by Crippen LogP contribution is 2.29. The molecule has 0 aliphatic heterocycles. The Kier molecular flexibility index (Phi) is 8.06. The highest BCUT2D eigenvalue weighted by Gasteiger charge is 2.30. The number of rotatable bonds is 7. The second-order valence-electron chi connectivity index (χ2n) is 6.47. The third-order valence-electron chi connectivity index (χ3n) is 4.11. The van der Waals surface area contributed by atoms with E-state index in [1.807, 2.05) is 31.2 Å². The van der Waals surface area contributed by atoms with Crippen LogP contribution in [0.1, 0.15) is 36.5 Å². The van der Waals surface area contributed by atoms with Crippen LogP contribution in [-0.2, 0) is 24.1 Å². The number of carbonyl (C=O) groups excluding carboxylic acids is 1. The fourth-order valence-corrected chi connectivity index (χ4v) is 2.61. The van der Waals surface area contributed by atoms with Crippen LogP contribution in [0.3, 0.4) is 0 Å². The van der Waals surface area contributed by atoms with Gasteiger partial charge in [0.1, 0.15) is 0 Å². The van der Waals surface area contributed by atoms with Crippen LogP contribution in [0.4, 0.5) is 18.9 Å². The average Bonchev–Trinajstić information content (AvgIpc) is 2.69. The molecule has 0 aliphatic rings. The van der Waals surface area contributed by atoms with Crippen LogP contribution in [0, 0.1) is 0 Å². The molecule has 0 heterocycles. The normalized spacial score (nSPS) is 11.8. The predicted octanol–water partition coefficient (Wildman–Crippen LogP) is 4.31. The minimum Gasteiger partial charge on any atom is -0.352 e. The van der Waals surface area contributed by atoms with Gasteiger partial charge in [-0.25, -0.2) is 0 Å². The second-order valence-corrected chi connectivity index (χ2v) is 6.47. The minimum absolute atomic E-state index is 0.0161. The molecule has 0 bridgehead atoms. The zero-order valence-electron chi connectivity index (χ0n) is 16.4. The third kappa shape index (κ3) is 7.48. The molecule has 0 fully saturated rings. The van der Waals surface area contributed by atoms with Crippen molar-refractivity contribution in [1.29, 1.82) is 0 Å². The molecule has 2 aromatic rings. The molecule has 2 rings (SSSR count). The fourth-order valence-electron chi connectivity index (χ4n) is 2.61. The number of benzene rings is 2. The van der Waals surface area contributed by atoms with E-state index in [2.05, 4.69) is 20.9 Å². The lowest BCUT2D eigenvalue weighted by atomic mass is 10.1. The molecule has 8 heteroatoms. The summed E-state index contributed by atoms with van der Waals surface area (Å²) >= 11 is 0. The van der Waals surface area contributed by atoms with Gasteiger partial charge in [-0.05, 0) is 41.8 Å². The number of hydrogen-bond donors (Lipinski definition) is 3. The molecule has 0 aromatic heterocycles. The van der Waals surface area contributed by atoms with Crippen molar-refractivity contribution in [3.05, 3.63) is 65.2 Å². The van der Waals surface area contributed by atoms with Crippen LogP contribution >= 0.6 is 0 Å². The molecule has 1 amide bonds. The molecular formula is C21H25F3N4O. The van der Waals surface area contributed by atoms with Gasteiger partial charge in [0.05, 0.1) is 5.56 Å². The van der Waals surface area contributed by atoms with Crippen molar-refractivity contribution in [1.82, 2.24) is 10.6 Å². The van der Waals surface area contributed by atoms with Crippen LogP contribution in [0.5, 0.6) is 0 Å². The number of nitrogens with zero attached hydrogens (tertiary/aromatic N) is 1. The summed E-state index contributed by atoms with van der Waals surface area (Å²) in [5.41, 5.74) is 1.54. The van der Waals surface area contributed by atoms with Crippen molar-refractivity contribution in [3.8, 4) is 0 Å². The fraction of sp³-hybridized carbons (Fsp3) is 0.333. The van der Waals surface area contributed by atoms with Crippen molar-refractivity contribution in [2.24, 2.45) is 4.99 Å². The van der Waals surface area contributed by atoms with Gasteiger partial charge >= 0.3 is 6.18 Å². The molecule has 29 heavy (non-hydrogen) atoms. The van der Waals surface area contributed by atoms with Crippen LogP contribution in [0.15, 0.2) is 53.5 Å². The number of amides is 1. The van der Waals surface area contributed by atoms with Crippen molar-refractivity contribution in [2.45, 2.75) is 39.0 Å². The Hall–Kier alpha value is -3.03. The first kappa shape index (κ1) is 22.3. The van der Waals surface area contributed by atoms with Crippen molar-refractivity contribution in [3.63, 3.8) is 0 Å². The molecule has 156 valence electrons. The molecule has 0 atom stereocenters. The van der Waals surface area contributed by atoms with Gasteiger partial charge in [0.25, 0.3) is 0 Å². The number of carbonyl (C=O) groups is 1. The zero-order valence-corrected chi connectivity index (χ0v) is 16.4. The Labute approximate surface area is 168 Å². The van der Waals surface area contributed by atoms with Crippen LogP contribution in [0.25, 0.3) is 0 Å². The lowest BCUT2D eigenvalue weighted by molar-refractivity contribution is -0.137. The van der Waals surface area contributed by atoms with Gasteiger partial charge in [-0.3, -0.25) is 9.79 Å². The first-order valence-electron chi connectivity index (χ1n) is 9.31. The summed E-state index contributed by atoms with van der Waals surface area (Å²) in [7, 11) is 1.59. The average molecular weight is 406 g/mol. The number of guanidine groups is 1. The maximum atomic E-state index is 12.8. The SMILES string of the molecule is CCCC(=O)Nc1ccc(CNC(=NC)NCc2cccc(C(F)(F)F)c2)cc1. The molecule has 0 spiro atoms. The van der Waals surface area contributed by atoms with E-state index in [-0.39, 0.29) is 12.5 Å². The summed E-state index contributed by atoms with van der Waals surface area (Å²) in [5.74, 6) is 0.459. The van der Waals surface area contributed by atoms with Gasteiger partial charge in [0.2, 0.25) is 5.91 Å². The highest BCUT2D eigenvalue weighted by molar-refractivity contribution is 5.90. The summed E-state index contributed by atoms with van der Waals surface area (Å²) in [6.07, 6.45) is -3.09. The molecule has 0 aliphatic carbocycles. The minimum atomic E-state index is -4.36. The molecule has 0 saturated carbocycles. The van der Waals surface area contributed by atoms with Gasteiger partial charge in [0, 0.05) is 32.2 Å². The maximum Gasteiger partial charge on any atom is 0.416 e. The number of aliphatic imine (C=N–C) groups is 1. The third-order valence-corrected chi connectivity index (χ3v) is 4.11. The monoisotopic (exact) mass is 406 g/mol. The van der Waals surface area contributed by atoms with E-state index in [1.54, 1.807) is 13.1 Å². The Balaban J connectivity index is 1.86. The van der Waals surface area contributed by atoms with Crippen LogP contribution < -0.4 is 16.0 Å². The number of halogens is 3. The van der Waals surface area contributed by atoms with Crippen LogP contribution in [0.2, 0.25) is 0 Å². The largest absolute Gasteiger partial charge is 0.416 e. The van der Waals surface area contributed by atoms with Gasteiger partial charge in [-0.1, -0.05) is 31.2 Å². The quantitative estimate of drug-likeness (QED) is 0.474. The zero-order chi connectivity index (χ0) is 21.3. The Morgan fingerprint density at radius 3 is 2.24 bits per heavy atom. The van der Waals surface area contributed by atoms with E-state index >= 15 is 0 Å². The number of nitrogens with one attached hydrogen (secondary N) is 3. The molecule has 3 N–H and O–H groups in total. The topological polar surface area (TPSA) is 65.5 Å². The van der Waals surface area contributed by atoms with E-state index in [0.717, 1.165) is 29.8 Å². The molecule has 2 aromatic carbocycles. The molecular weight excluding hydrogens is 381 g/mol. The molecule has 0 saturated heterocycles. The molecule has 5 nitrogen and oxygen atoms in total. The van der Waals surface area contributed by atoms with Crippen LogP contribution in [-0.4, -0.2) is 18.9 Å². The lowest BCUT2D eigenvalue weighted by Gasteiger charge is -2.13. The Morgan fingerprint density at radius 2 is 1.66 bits per heavy atom. The van der Waals surface area contributed by atoms with Crippen molar-refractivity contribution >= 4 is 17.6 Å². The Morgan fingerprint density at radius 1 is 1.00 bits per heavy atom. The second kappa shape index (κ2) is 10.5. The summed E-state index contributed by atoms with van der Waals surface area (Å²) in [5, 5.41) is 8.94. The number of hydrogen-bond acceptors (Lipinski definition) is 2. The first-order valence-corrected chi connectivity index (χ1v) is 9.31. The van der Waals surface area contributed by atoms with E-state index in [4.69, 9.17) is 0 Å². The summed E-state index contributed by atoms with van der Waals surface area (Å²) in [4.78, 5) is 15.7. The van der Waals surface area contributed by atoms with Crippen molar-refractivity contribution < 1.29 is 18.0 Å². The summed E-state index contributed by atoms with van der Waals surface area (Å²) in [6.45, 7) is 2.64. The standard InChI is InChI=1S/C21H25F3N4O/c1-3-5-19(29)28-18-10-8-15(9-11-18)13-26-20(25-2)27-14-16-6-4-7-17(12-16)21(22,23)24/h4,6-12H,3,5,13-14H2,1-2H3,(H,28,29)(H2,25,26,27). The summed E-state index contributed by atoms with van der Waals surface area (Å²) < 4.78 is 38.4. The smallest absolute Gasteiger partial charge is 0.352 e. The lowest BCUT2D eigenvalue weighted by Crippen LogP contribution is -2.36. The number of alkyl halides is 3. The summed E-state index contributed by atoms with van der Waals surface area (Å²) in [6, 6.07) is 12.6. The predicted molar refractivity (Wildman–Crippen MR) is 108 cm³/mol. The van der Waals surface area contributed by atoms with Crippen molar-refractivity contribution in [2.75, 3.05) is 12.4 Å². The molecule has 0 unspecified atom stereocenters.